The quantitative estimate of drug-likeness (QED) is 0.655. The van der Waals surface area contributed by atoms with Gasteiger partial charge in [-0.1, -0.05) is 0 Å². The van der Waals surface area contributed by atoms with Crippen LogP contribution in [0.15, 0.2) is 29.1 Å². The summed E-state index contributed by atoms with van der Waals surface area (Å²) in [7, 11) is 0. The van der Waals surface area contributed by atoms with Crippen molar-refractivity contribution < 1.29 is 24.2 Å². The first kappa shape index (κ1) is 22.3. The predicted octanol–water partition coefficient (Wildman–Crippen LogP) is 2.94. The molecule has 0 atom stereocenters. The summed E-state index contributed by atoms with van der Waals surface area (Å²) in [6, 6.07) is 6.97. The van der Waals surface area contributed by atoms with Crippen LogP contribution in [0.5, 0.6) is 5.75 Å². The Morgan fingerprint density at radius 1 is 1.21 bits per heavy atom. The zero-order valence-corrected chi connectivity index (χ0v) is 17.3. The van der Waals surface area contributed by atoms with Gasteiger partial charge >= 0.3 is 12.1 Å². The van der Waals surface area contributed by atoms with Gasteiger partial charge in [0.2, 0.25) is 0 Å². The first-order chi connectivity index (χ1) is 13.6. The maximum atomic E-state index is 12.5. The highest BCUT2D eigenvalue weighted by atomic mass is 16.6. The van der Waals surface area contributed by atoms with Crippen LogP contribution in [0.4, 0.5) is 4.79 Å². The van der Waals surface area contributed by atoms with E-state index >= 15 is 0 Å². The highest BCUT2D eigenvalue weighted by Gasteiger charge is 2.15. The summed E-state index contributed by atoms with van der Waals surface area (Å²) >= 11 is 0. The van der Waals surface area contributed by atoms with Gasteiger partial charge in [-0.15, -0.1) is 0 Å². The van der Waals surface area contributed by atoms with E-state index in [1.54, 1.807) is 49.6 Å². The molecule has 8 nitrogen and oxygen atoms in total. The topological polar surface area (TPSA) is 107 Å². The van der Waals surface area contributed by atoms with Crippen LogP contribution >= 0.6 is 0 Å². The lowest BCUT2D eigenvalue weighted by Crippen LogP contribution is -2.33. The normalized spacial score (nSPS) is 11.3. The van der Waals surface area contributed by atoms with E-state index in [1.165, 1.54) is 0 Å². The Balaban J connectivity index is 2.01. The number of aryl methyl sites for hydroxylation is 1. The van der Waals surface area contributed by atoms with Crippen molar-refractivity contribution in [2.24, 2.45) is 0 Å². The first-order valence-electron chi connectivity index (χ1n) is 9.58. The number of aromatic nitrogens is 1. The van der Waals surface area contributed by atoms with Crippen molar-refractivity contribution in [3.63, 3.8) is 0 Å². The Labute approximate surface area is 169 Å². The predicted molar refractivity (Wildman–Crippen MR) is 110 cm³/mol. The van der Waals surface area contributed by atoms with Gasteiger partial charge in [-0.2, -0.15) is 0 Å². The van der Waals surface area contributed by atoms with E-state index in [0.717, 1.165) is 5.39 Å². The number of nitrogens with one attached hydrogen (secondary N) is 1. The molecule has 158 valence electrons. The van der Waals surface area contributed by atoms with E-state index in [4.69, 9.17) is 14.6 Å². The minimum atomic E-state index is -1.04. The van der Waals surface area contributed by atoms with Gasteiger partial charge in [-0.3, -0.25) is 9.59 Å². The van der Waals surface area contributed by atoms with Crippen LogP contribution in [0.1, 0.15) is 39.7 Å². The van der Waals surface area contributed by atoms with Crippen LogP contribution < -0.4 is 15.6 Å². The summed E-state index contributed by atoms with van der Waals surface area (Å²) in [5, 5.41) is 12.4. The van der Waals surface area contributed by atoms with Crippen molar-refractivity contribution in [2.75, 3.05) is 13.2 Å². The summed E-state index contributed by atoms with van der Waals surface area (Å²) < 4.78 is 12.4. The highest BCUT2D eigenvalue weighted by molar-refractivity contribution is 5.82. The number of pyridine rings is 1. The van der Waals surface area contributed by atoms with E-state index in [0.29, 0.717) is 37.4 Å². The lowest BCUT2D eigenvalue weighted by atomic mass is 10.1. The molecule has 2 aromatic rings. The third-order valence-corrected chi connectivity index (χ3v) is 4.06. The minimum absolute atomic E-state index is 0.258. The second-order valence-electron chi connectivity index (χ2n) is 7.64. The SMILES string of the molecule is CCn1c(=O)c(CC(=O)O)cc2ccc(OCCCNC(=O)OC(C)(C)C)cc21. The van der Waals surface area contributed by atoms with Gasteiger partial charge in [0.15, 0.2) is 0 Å². The third kappa shape index (κ3) is 6.51. The molecule has 1 amide bonds. The number of carboxylic acid groups (broad SMARTS) is 1. The van der Waals surface area contributed by atoms with Crippen molar-refractivity contribution in [3.8, 4) is 5.75 Å². The summed E-state index contributed by atoms with van der Waals surface area (Å²) in [5.41, 5.74) is 0.108. The summed E-state index contributed by atoms with van der Waals surface area (Å²) in [4.78, 5) is 35.1. The van der Waals surface area contributed by atoms with Crippen LogP contribution in [0, 0.1) is 0 Å². The Morgan fingerprint density at radius 2 is 1.93 bits per heavy atom. The molecule has 8 heteroatoms. The number of hydrogen-bond donors (Lipinski definition) is 2. The molecule has 0 unspecified atom stereocenters. The van der Waals surface area contributed by atoms with E-state index in [9.17, 15) is 14.4 Å². The molecule has 0 bridgehead atoms. The molecule has 0 saturated heterocycles. The van der Waals surface area contributed by atoms with Crippen LogP contribution in [0.2, 0.25) is 0 Å². The Hall–Kier alpha value is -3.03. The molecule has 0 aliphatic heterocycles. The second-order valence-corrected chi connectivity index (χ2v) is 7.64. The molecule has 1 aromatic carbocycles. The zero-order valence-electron chi connectivity index (χ0n) is 17.3. The monoisotopic (exact) mass is 404 g/mol. The molecule has 0 spiro atoms. The Kier molecular flexibility index (Phi) is 7.25. The molecule has 2 rings (SSSR count). The van der Waals surface area contributed by atoms with Gasteiger partial charge < -0.3 is 24.5 Å². The minimum Gasteiger partial charge on any atom is -0.493 e. The van der Waals surface area contributed by atoms with Gasteiger partial charge in [0.05, 0.1) is 18.5 Å². The average Bonchev–Trinajstić information content (AvgIpc) is 2.60. The number of benzene rings is 1. The molecule has 0 radical (unpaired) electrons. The Morgan fingerprint density at radius 3 is 2.55 bits per heavy atom. The van der Waals surface area contributed by atoms with Crippen LogP contribution in [0.25, 0.3) is 10.9 Å². The molecular formula is C21H28N2O6. The number of fused-ring (bicyclic) bond motifs is 1. The molecule has 0 aliphatic rings. The largest absolute Gasteiger partial charge is 0.493 e. The second kappa shape index (κ2) is 9.45. The number of carbonyl (C=O) groups is 2. The van der Waals surface area contributed by atoms with Gasteiger partial charge in [0.1, 0.15) is 11.4 Å². The number of ether oxygens (including phenoxy) is 2. The molecule has 2 N–H and O–H groups in total. The fourth-order valence-corrected chi connectivity index (χ4v) is 2.87. The fraction of sp³-hybridized carbons (Fsp3) is 0.476. The van der Waals surface area contributed by atoms with Crippen LogP contribution in [-0.4, -0.2) is 40.5 Å². The molecule has 1 aromatic heterocycles. The maximum Gasteiger partial charge on any atom is 0.407 e. The molecule has 0 saturated carbocycles. The van der Waals surface area contributed by atoms with E-state index in [-0.39, 0.29) is 17.5 Å². The number of carboxylic acids is 1. The van der Waals surface area contributed by atoms with E-state index in [1.807, 2.05) is 6.92 Å². The number of nitrogens with zero attached hydrogens (tertiary/aromatic N) is 1. The van der Waals surface area contributed by atoms with Crippen LogP contribution in [-0.2, 0) is 22.5 Å². The third-order valence-electron chi connectivity index (χ3n) is 4.06. The zero-order chi connectivity index (χ0) is 21.6. The van der Waals surface area contributed by atoms with E-state index < -0.39 is 17.7 Å². The number of alkyl carbamates (subject to hydrolysis) is 1. The summed E-state index contributed by atoms with van der Waals surface area (Å²) in [6.45, 7) is 8.46. The average molecular weight is 404 g/mol. The first-order valence-corrected chi connectivity index (χ1v) is 9.58. The number of carbonyl (C=O) groups excluding carboxylic acids is 1. The molecular weight excluding hydrogens is 376 g/mol. The fourth-order valence-electron chi connectivity index (χ4n) is 2.87. The molecule has 0 aliphatic carbocycles. The van der Waals surface area contributed by atoms with Crippen molar-refractivity contribution in [1.29, 1.82) is 0 Å². The standard InChI is InChI=1S/C21H28N2O6/c1-5-23-17-13-16(28-10-6-9-22-20(27)29-21(2,3)4)8-7-14(17)11-15(19(23)26)12-18(24)25/h7-8,11,13H,5-6,9-10,12H2,1-4H3,(H,22,27)(H,24,25). The number of hydrogen-bond acceptors (Lipinski definition) is 5. The van der Waals surface area contributed by atoms with E-state index in [2.05, 4.69) is 5.32 Å². The number of rotatable bonds is 8. The van der Waals surface area contributed by atoms with Gasteiger partial charge in [0.25, 0.3) is 5.56 Å². The maximum absolute atomic E-state index is 12.5. The highest BCUT2D eigenvalue weighted by Crippen LogP contribution is 2.21. The van der Waals surface area contributed by atoms with Crippen LogP contribution in [0.3, 0.4) is 0 Å². The van der Waals surface area contributed by atoms with Crippen molar-refractivity contribution in [2.45, 2.75) is 52.7 Å². The van der Waals surface area contributed by atoms with Crippen molar-refractivity contribution in [3.05, 3.63) is 40.2 Å². The van der Waals surface area contributed by atoms with Gasteiger partial charge in [-0.25, -0.2) is 4.79 Å². The van der Waals surface area contributed by atoms with Crippen molar-refractivity contribution in [1.82, 2.24) is 9.88 Å². The summed E-state index contributed by atoms with van der Waals surface area (Å²) in [5.74, 6) is -0.439. The number of amides is 1. The molecule has 0 fully saturated rings. The van der Waals surface area contributed by atoms with Crippen molar-refractivity contribution >= 4 is 23.0 Å². The van der Waals surface area contributed by atoms with Gasteiger partial charge in [0, 0.05) is 24.7 Å². The molecule has 29 heavy (non-hydrogen) atoms. The smallest absolute Gasteiger partial charge is 0.407 e. The van der Waals surface area contributed by atoms with Gasteiger partial charge in [-0.05, 0) is 57.7 Å². The summed E-state index contributed by atoms with van der Waals surface area (Å²) in [6.07, 6.45) is -0.181. The lowest BCUT2D eigenvalue weighted by molar-refractivity contribution is -0.136. The number of aliphatic carboxylic acids is 1. The lowest BCUT2D eigenvalue weighted by Gasteiger charge is -2.19. The molecule has 1 heterocycles. The Bertz CT molecular complexity index is 943.